The average molecular weight is 488 g/mol. The van der Waals surface area contributed by atoms with E-state index in [1.54, 1.807) is 30.3 Å². The van der Waals surface area contributed by atoms with E-state index < -0.39 is 29.5 Å². The molecule has 0 saturated carbocycles. The molecular formula is C27H22F2N4O3. The van der Waals surface area contributed by atoms with Gasteiger partial charge in [-0.05, 0) is 61.5 Å². The highest BCUT2D eigenvalue weighted by molar-refractivity contribution is 6.11. The number of halogens is 2. The highest BCUT2D eigenvalue weighted by Gasteiger charge is 2.36. The molecule has 0 bridgehead atoms. The van der Waals surface area contributed by atoms with Crippen LogP contribution in [0.3, 0.4) is 0 Å². The third-order valence-electron chi connectivity index (χ3n) is 5.25. The van der Waals surface area contributed by atoms with Crippen molar-refractivity contribution in [2.24, 2.45) is 0 Å². The second kappa shape index (κ2) is 11.2. The minimum atomic E-state index is -1.44. The first-order chi connectivity index (χ1) is 17.5. The van der Waals surface area contributed by atoms with Crippen LogP contribution in [0.1, 0.15) is 29.0 Å². The maximum Gasteiger partial charge on any atom is 0.279 e. The fourth-order valence-corrected chi connectivity index (χ4v) is 3.62. The number of hydrogen-bond acceptors (Lipinski definition) is 5. The molecule has 36 heavy (non-hydrogen) atoms. The van der Waals surface area contributed by atoms with Crippen LogP contribution in [0.2, 0.25) is 0 Å². The Morgan fingerprint density at radius 3 is 2.33 bits per heavy atom. The third-order valence-corrected chi connectivity index (χ3v) is 5.25. The quantitative estimate of drug-likeness (QED) is 0.370. The molecular weight excluding hydrogens is 466 g/mol. The molecule has 0 saturated heterocycles. The normalized spacial score (nSPS) is 11.4. The number of ether oxygens (including phenoxy) is 1. The number of aromatic nitrogens is 2. The van der Waals surface area contributed by atoms with Gasteiger partial charge in [-0.2, -0.15) is 0 Å². The Morgan fingerprint density at radius 2 is 1.69 bits per heavy atom. The van der Waals surface area contributed by atoms with E-state index in [-0.39, 0.29) is 16.9 Å². The fraction of sp³-hybridized carbons (Fsp3) is 0.111. The standard InChI is InChI=1S/C27H22F2N4O3/c1-2-36-21-13-11-20(12-14-21)33(27(35)24-17-30-15-16-31-24)25(22-5-3-4-6-23(22)29)26(34)32-19-9-7-18(28)8-10-19/h3-17,25H,2H2,1H3,(H,32,34). The summed E-state index contributed by atoms with van der Waals surface area (Å²) < 4.78 is 34.0. The molecule has 7 nitrogen and oxygen atoms in total. The maximum absolute atomic E-state index is 15.1. The van der Waals surface area contributed by atoms with Gasteiger partial charge in [-0.1, -0.05) is 18.2 Å². The van der Waals surface area contributed by atoms with Crippen molar-refractivity contribution in [3.8, 4) is 5.75 Å². The Bertz CT molecular complexity index is 1330. The molecule has 1 atom stereocenters. The summed E-state index contributed by atoms with van der Waals surface area (Å²) in [5, 5.41) is 2.66. The summed E-state index contributed by atoms with van der Waals surface area (Å²) in [4.78, 5) is 36.5. The largest absolute Gasteiger partial charge is 0.494 e. The zero-order valence-electron chi connectivity index (χ0n) is 19.3. The van der Waals surface area contributed by atoms with Gasteiger partial charge in [-0.25, -0.2) is 13.8 Å². The van der Waals surface area contributed by atoms with Crippen LogP contribution in [0.15, 0.2) is 91.4 Å². The number of rotatable bonds is 8. The van der Waals surface area contributed by atoms with Crippen LogP contribution in [0.25, 0.3) is 0 Å². The molecule has 0 aliphatic rings. The van der Waals surface area contributed by atoms with E-state index in [1.165, 1.54) is 61.1 Å². The molecule has 1 N–H and O–H groups in total. The zero-order valence-corrected chi connectivity index (χ0v) is 19.3. The molecule has 3 aromatic carbocycles. The number of anilines is 2. The molecule has 1 unspecified atom stereocenters. The van der Waals surface area contributed by atoms with Crippen LogP contribution >= 0.6 is 0 Å². The van der Waals surface area contributed by atoms with Crippen molar-refractivity contribution in [3.05, 3.63) is 114 Å². The van der Waals surface area contributed by atoms with Gasteiger partial charge in [0.05, 0.1) is 12.8 Å². The highest BCUT2D eigenvalue weighted by atomic mass is 19.1. The number of nitrogens with zero attached hydrogens (tertiary/aromatic N) is 3. The Morgan fingerprint density at radius 1 is 0.972 bits per heavy atom. The third kappa shape index (κ3) is 5.52. The lowest BCUT2D eigenvalue weighted by Crippen LogP contribution is -2.42. The minimum absolute atomic E-state index is 0.0387. The molecule has 0 aliphatic carbocycles. The van der Waals surface area contributed by atoms with Gasteiger partial charge >= 0.3 is 0 Å². The number of nitrogens with one attached hydrogen (secondary N) is 1. The summed E-state index contributed by atoms with van der Waals surface area (Å²) in [6.07, 6.45) is 4.02. The van der Waals surface area contributed by atoms with Crippen molar-refractivity contribution < 1.29 is 23.1 Å². The van der Waals surface area contributed by atoms with Gasteiger partial charge in [-0.3, -0.25) is 19.5 Å². The van der Waals surface area contributed by atoms with E-state index in [0.717, 1.165) is 4.90 Å². The van der Waals surface area contributed by atoms with Gasteiger partial charge < -0.3 is 10.1 Å². The lowest BCUT2D eigenvalue weighted by molar-refractivity contribution is -0.117. The molecule has 1 heterocycles. The predicted molar refractivity (Wildman–Crippen MR) is 131 cm³/mol. The van der Waals surface area contributed by atoms with Crippen LogP contribution in [0.4, 0.5) is 20.2 Å². The molecule has 4 rings (SSSR count). The van der Waals surface area contributed by atoms with Crippen LogP contribution in [-0.4, -0.2) is 28.4 Å². The molecule has 0 aliphatic heterocycles. The topological polar surface area (TPSA) is 84.4 Å². The molecule has 9 heteroatoms. The van der Waals surface area contributed by atoms with E-state index >= 15 is 4.39 Å². The summed E-state index contributed by atoms with van der Waals surface area (Å²) in [5.74, 6) is -1.98. The molecule has 1 aromatic heterocycles. The maximum atomic E-state index is 15.1. The van der Waals surface area contributed by atoms with Crippen LogP contribution in [-0.2, 0) is 4.79 Å². The number of benzene rings is 3. The number of carbonyl (C=O) groups is 2. The molecule has 0 radical (unpaired) electrons. The van der Waals surface area contributed by atoms with Gasteiger partial charge in [0.15, 0.2) is 0 Å². The monoisotopic (exact) mass is 488 g/mol. The van der Waals surface area contributed by atoms with Crippen molar-refractivity contribution in [2.75, 3.05) is 16.8 Å². The number of carbonyl (C=O) groups excluding carboxylic acids is 2. The van der Waals surface area contributed by atoms with Gasteiger partial charge in [0, 0.05) is 29.3 Å². The van der Waals surface area contributed by atoms with Gasteiger partial charge in [0.1, 0.15) is 29.1 Å². The van der Waals surface area contributed by atoms with Crippen molar-refractivity contribution in [1.29, 1.82) is 0 Å². The smallest absolute Gasteiger partial charge is 0.279 e. The first kappa shape index (κ1) is 24.5. The molecule has 0 fully saturated rings. The summed E-state index contributed by atoms with van der Waals surface area (Å²) in [5.41, 5.74) is 0.503. The molecule has 2 amide bonds. The average Bonchev–Trinajstić information content (AvgIpc) is 2.90. The lowest BCUT2D eigenvalue weighted by atomic mass is 10.0. The Balaban J connectivity index is 1.84. The Kier molecular flexibility index (Phi) is 7.60. The summed E-state index contributed by atoms with van der Waals surface area (Å²) in [7, 11) is 0. The summed E-state index contributed by atoms with van der Waals surface area (Å²) in [6, 6.07) is 15.8. The molecule has 182 valence electrons. The van der Waals surface area contributed by atoms with E-state index in [1.807, 2.05) is 6.92 Å². The summed E-state index contributed by atoms with van der Waals surface area (Å²) >= 11 is 0. The summed E-state index contributed by atoms with van der Waals surface area (Å²) in [6.45, 7) is 2.28. The zero-order chi connectivity index (χ0) is 25.5. The number of hydrogen-bond donors (Lipinski definition) is 1. The first-order valence-corrected chi connectivity index (χ1v) is 11.1. The van der Waals surface area contributed by atoms with E-state index in [9.17, 15) is 14.0 Å². The highest BCUT2D eigenvalue weighted by Crippen LogP contribution is 2.33. The van der Waals surface area contributed by atoms with E-state index in [4.69, 9.17) is 4.74 Å². The van der Waals surface area contributed by atoms with E-state index in [0.29, 0.717) is 18.0 Å². The number of amides is 2. The van der Waals surface area contributed by atoms with E-state index in [2.05, 4.69) is 15.3 Å². The second-order valence-corrected chi connectivity index (χ2v) is 7.61. The van der Waals surface area contributed by atoms with Crippen LogP contribution < -0.4 is 15.0 Å². The van der Waals surface area contributed by atoms with Crippen LogP contribution in [0, 0.1) is 11.6 Å². The molecule has 4 aromatic rings. The Hall–Kier alpha value is -4.66. The second-order valence-electron chi connectivity index (χ2n) is 7.61. The molecule has 0 spiro atoms. The Labute approximate surface area is 206 Å². The SMILES string of the molecule is CCOc1ccc(N(C(=O)c2cnccn2)C(C(=O)Nc2ccc(F)cc2)c2ccccc2F)cc1. The van der Waals surface area contributed by atoms with Crippen molar-refractivity contribution >= 4 is 23.2 Å². The first-order valence-electron chi connectivity index (χ1n) is 11.1. The van der Waals surface area contributed by atoms with Gasteiger partial charge in [0.25, 0.3) is 11.8 Å². The van der Waals surface area contributed by atoms with Crippen molar-refractivity contribution in [2.45, 2.75) is 13.0 Å². The van der Waals surface area contributed by atoms with Crippen LogP contribution in [0.5, 0.6) is 5.75 Å². The van der Waals surface area contributed by atoms with Crippen molar-refractivity contribution in [3.63, 3.8) is 0 Å². The van der Waals surface area contributed by atoms with Gasteiger partial charge in [-0.15, -0.1) is 0 Å². The minimum Gasteiger partial charge on any atom is -0.494 e. The van der Waals surface area contributed by atoms with Crippen molar-refractivity contribution in [1.82, 2.24) is 9.97 Å². The predicted octanol–water partition coefficient (Wildman–Crippen LogP) is 5.18. The van der Waals surface area contributed by atoms with Gasteiger partial charge in [0.2, 0.25) is 0 Å². The lowest BCUT2D eigenvalue weighted by Gasteiger charge is -2.31. The fourth-order valence-electron chi connectivity index (χ4n) is 3.62.